The normalized spacial score (nSPS) is 12.1. The maximum absolute atomic E-state index is 10.3. The summed E-state index contributed by atoms with van der Waals surface area (Å²) < 4.78 is 10.9. The van der Waals surface area contributed by atoms with E-state index in [1.807, 2.05) is 20.8 Å². The molecule has 0 bridgehead atoms. The first kappa shape index (κ1) is 13.3. The van der Waals surface area contributed by atoms with Crippen molar-refractivity contribution < 1.29 is 14.3 Å². The van der Waals surface area contributed by atoms with Crippen LogP contribution in [0.25, 0.3) is 0 Å². The first-order valence-corrected chi connectivity index (χ1v) is 5.11. The Hall–Kier alpha value is -0.670. The van der Waals surface area contributed by atoms with Crippen LogP contribution >= 0.6 is 0 Å². The van der Waals surface area contributed by atoms with Gasteiger partial charge in [0.1, 0.15) is 6.29 Å². The van der Waals surface area contributed by atoms with Crippen LogP contribution in [0.3, 0.4) is 0 Å². The fourth-order valence-electron chi connectivity index (χ4n) is 0.947. The average Bonchev–Trinajstić information content (AvgIpc) is 2.18. The minimum absolute atomic E-state index is 0.361. The first-order valence-electron chi connectivity index (χ1n) is 5.11. The molecule has 0 saturated carbocycles. The van der Waals surface area contributed by atoms with Crippen molar-refractivity contribution in [3.63, 3.8) is 0 Å². The van der Waals surface area contributed by atoms with Crippen LogP contribution in [-0.4, -0.2) is 25.8 Å². The number of aldehydes is 1. The highest BCUT2D eigenvalue weighted by Gasteiger charge is 2.10. The molecule has 0 aromatic heterocycles. The molecule has 14 heavy (non-hydrogen) atoms. The van der Waals surface area contributed by atoms with E-state index in [1.54, 1.807) is 0 Å². The van der Waals surface area contributed by atoms with Crippen molar-refractivity contribution in [2.45, 2.75) is 39.9 Å². The van der Waals surface area contributed by atoms with Gasteiger partial charge in [0.05, 0.1) is 0 Å². The molecule has 0 rings (SSSR count). The lowest BCUT2D eigenvalue weighted by Gasteiger charge is -2.18. The Morgan fingerprint density at radius 1 is 1.21 bits per heavy atom. The molecule has 0 atom stereocenters. The van der Waals surface area contributed by atoms with Crippen molar-refractivity contribution in [2.75, 3.05) is 13.2 Å². The predicted octanol–water partition coefficient (Wildman–Crippen LogP) is 2.31. The van der Waals surface area contributed by atoms with Crippen molar-refractivity contribution in [3.8, 4) is 0 Å². The summed E-state index contributed by atoms with van der Waals surface area (Å²) in [5.74, 6) is 0. The molecule has 3 heteroatoms. The van der Waals surface area contributed by atoms with E-state index < -0.39 is 0 Å². The molecule has 0 amide bonds. The maximum atomic E-state index is 10.3. The second-order valence-corrected chi connectivity index (χ2v) is 3.12. The Labute approximate surface area is 86.1 Å². The minimum atomic E-state index is -0.361. The summed E-state index contributed by atoms with van der Waals surface area (Å²) >= 11 is 0. The van der Waals surface area contributed by atoms with Gasteiger partial charge in [-0.3, -0.25) is 4.79 Å². The van der Waals surface area contributed by atoms with Gasteiger partial charge in [-0.05, 0) is 31.4 Å². The van der Waals surface area contributed by atoms with Crippen LogP contribution in [0.5, 0.6) is 0 Å². The second kappa shape index (κ2) is 8.91. The SMILES string of the molecule is CCCOC(OCCC)C(C)=CC=O. The molecule has 0 aromatic carbocycles. The van der Waals surface area contributed by atoms with E-state index in [0.717, 1.165) is 24.7 Å². The second-order valence-electron chi connectivity index (χ2n) is 3.12. The topological polar surface area (TPSA) is 35.5 Å². The molecule has 0 heterocycles. The van der Waals surface area contributed by atoms with E-state index in [-0.39, 0.29) is 6.29 Å². The summed E-state index contributed by atoms with van der Waals surface area (Å²) in [6.45, 7) is 7.21. The van der Waals surface area contributed by atoms with Crippen molar-refractivity contribution in [1.29, 1.82) is 0 Å². The van der Waals surface area contributed by atoms with E-state index in [1.165, 1.54) is 6.08 Å². The standard InChI is InChI=1S/C11H20O3/c1-4-8-13-11(14-9-5-2)10(3)6-7-12/h6-7,11H,4-5,8-9H2,1-3H3. The van der Waals surface area contributed by atoms with Gasteiger partial charge in [-0.15, -0.1) is 0 Å². The highest BCUT2D eigenvalue weighted by molar-refractivity contribution is 5.66. The average molecular weight is 200 g/mol. The first-order chi connectivity index (χ1) is 6.76. The molecule has 0 aromatic rings. The molecule has 0 spiro atoms. The zero-order valence-corrected chi connectivity index (χ0v) is 9.29. The van der Waals surface area contributed by atoms with E-state index in [9.17, 15) is 4.79 Å². The highest BCUT2D eigenvalue weighted by Crippen LogP contribution is 2.08. The van der Waals surface area contributed by atoms with Crippen molar-refractivity contribution >= 4 is 6.29 Å². The predicted molar refractivity (Wildman–Crippen MR) is 56.1 cm³/mol. The summed E-state index contributed by atoms with van der Waals surface area (Å²) in [7, 11) is 0. The largest absolute Gasteiger partial charge is 0.349 e. The Kier molecular flexibility index (Phi) is 8.48. The number of hydrogen-bond acceptors (Lipinski definition) is 3. The van der Waals surface area contributed by atoms with E-state index in [4.69, 9.17) is 9.47 Å². The van der Waals surface area contributed by atoms with Crippen LogP contribution in [0.15, 0.2) is 11.6 Å². The molecular weight excluding hydrogens is 180 g/mol. The van der Waals surface area contributed by atoms with Crippen LogP contribution in [0, 0.1) is 0 Å². The van der Waals surface area contributed by atoms with Crippen molar-refractivity contribution in [2.24, 2.45) is 0 Å². The molecule has 0 aliphatic rings. The molecule has 0 saturated heterocycles. The lowest BCUT2D eigenvalue weighted by Crippen LogP contribution is -2.20. The summed E-state index contributed by atoms with van der Waals surface area (Å²) in [5, 5.41) is 0. The Morgan fingerprint density at radius 2 is 1.71 bits per heavy atom. The van der Waals surface area contributed by atoms with Crippen LogP contribution in [0.2, 0.25) is 0 Å². The molecule has 0 fully saturated rings. The Bertz CT molecular complexity index is 167. The van der Waals surface area contributed by atoms with Crippen LogP contribution < -0.4 is 0 Å². The zero-order chi connectivity index (χ0) is 10.8. The molecule has 0 unspecified atom stereocenters. The lowest BCUT2D eigenvalue weighted by molar-refractivity contribution is -0.119. The zero-order valence-electron chi connectivity index (χ0n) is 9.29. The summed E-state index contributed by atoms with van der Waals surface area (Å²) in [6, 6.07) is 0. The van der Waals surface area contributed by atoms with Gasteiger partial charge in [0.15, 0.2) is 6.29 Å². The van der Waals surface area contributed by atoms with Gasteiger partial charge in [-0.1, -0.05) is 13.8 Å². The van der Waals surface area contributed by atoms with Crippen LogP contribution in [0.4, 0.5) is 0 Å². The fraction of sp³-hybridized carbons (Fsp3) is 0.727. The van der Waals surface area contributed by atoms with Gasteiger partial charge in [0, 0.05) is 13.2 Å². The Balaban J connectivity index is 4.07. The molecule has 0 N–H and O–H groups in total. The number of carbonyl (C=O) groups is 1. The summed E-state index contributed by atoms with van der Waals surface area (Å²) in [5.41, 5.74) is 0.821. The third-order valence-corrected chi connectivity index (χ3v) is 1.65. The molecular formula is C11H20O3. The van der Waals surface area contributed by atoms with E-state index >= 15 is 0 Å². The van der Waals surface area contributed by atoms with Gasteiger partial charge in [0.25, 0.3) is 0 Å². The van der Waals surface area contributed by atoms with Gasteiger partial charge < -0.3 is 9.47 Å². The number of ether oxygens (including phenoxy) is 2. The number of hydrogen-bond donors (Lipinski definition) is 0. The summed E-state index contributed by atoms with van der Waals surface area (Å²) in [6.07, 6.45) is 3.77. The molecule has 0 aliphatic heterocycles. The molecule has 0 radical (unpaired) electrons. The molecule has 82 valence electrons. The number of allylic oxidation sites excluding steroid dienone is 1. The van der Waals surface area contributed by atoms with Gasteiger partial charge >= 0.3 is 0 Å². The molecule has 0 aliphatic carbocycles. The summed E-state index contributed by atoms with van der Waals surface area (Å²) in [4.78, 5) is 10.3. The quantitative estimate of drug-likeness (QED) is 0.342. The third-order valence-electron chi connectivity index (χ3n) is 1.65. The van der Waals surface area contributed by atoms with Gasteiger partial charge in [-0.25, -0.2) is 0 Å². The third kappa shape index (κ3) is 5.89. The minimum Gasteiger partial charge on any atom is -0.349 e. The smallest absolute Gasteiger partial charge is 0.179 e. The number of carbonyl (C=O) groups excluding carboxylic acids is 1. The van der Waals surface area contributed by atoms with E-state index in [0.29, 0.717) is 13.2 Å². The fourth-order valence-corrected chi connectivity index (χ4v) is 0.947. The van der Waals surface area contributed by atoms with Crippen molar-refractivity contribution in [3.05, 3.63) is 11.6 Å². The van der Waals surface area contributed by atoms with Crippen molar-refractivity contribution in [1.82, 2.24) is 0 Å². The van der Waals surface area contributed by atoms with Crippen LogP contribution in [-0.2, 0) is 14.3 Å². The van der Waals surface area contributed by atoms with Gasteiger partial charge in [0.2, 0.25) is 0 Å². The van der Waals surface area contributed by atoms with Gasteiger partial charge in [-0.2, -0.15) is 0 Å². The number of rotatable bonds is 8. The molecule has 3 nitrogen and oxygen atoms in total. The van der Waals surface area contributed by atoms with Crippen LogP contribution in [0.1, 0.15) is 33.6 Å². The van der Waals surface area contributed by atoms with E-state index in [2.05, 4.69) is 0 Å². The Morgan fingerprint density at radius 3 is 2.07 bits per heavy atom. The lowest BCUT2D eigenvalue weighted by atomic mass is 10.3. The maximum Gasteiger partial charge on any atom is 0.179 e. The monoisotopic (exact) mass is 200 g/mol. The highest BCUT2D eigenvalue weighted by atomic mass is 16.7.